The van der Waals surface area contributed by atoms with E-state index in [1.807, 2.05) is 0 Å². The predicted octanol–water partition coefficient (Wildman–Crippen LogP) is 1.38. The van der Waals surface area contributed by atoms with Crippen LogP contribution in [0.15, 0.2) is 23.1 Å². The highest BCUT2D eigenvalue weighted by Crippen LogP contribution is 2.31. The van der Waals surface area contributed by atoms with Crippen LogP contribution in [0.1, 0.15) is 33.1 Å². The molecular weight excluding hydrogens is 434 g/mol. The van der Waals surface area contributed by atoms with E-state index in [4.69, 9.17) is 14.2 Å². The van der Waals surface area contributed by atoms with Crippen molar-refractivity contribution >= 4 is 15.9 Å². The van der Waals surface area contributed by atoms with E-state index in [0.717, 1.165) is 25.9 Å². The summed E-state index contributed by atoms with van der Waals surface area (Å²) in [4.78, 5) is 14.8. The Morgan fingerprint density at radius 2 is 1.81 bits per heavy atom. The molecule has 0 spiro atoms. The quantitative estimate of drug-likeness (QED) is 0.533. The van der Waals surface area contributed by atoms with Crippen molar-refractivity contribution in [3.05, 3.63) is 18.2 Å². The molecule has 2 aliphatic rings. The summed E-state index contributed by atoms with van der Waals surface area (Å²) in [6.45, 7) is 9.08. The van der Waals surface area contributed by atoms with Crippen molar-refractivity contribution < 1.29 is 27.4 Å². The van der Waals surface area contributed by atoms with Gasteiger partial charge in [0.25, 0.3) is 0 Å². The van der Waals surface area contributed by atoms with Gasteiger partial charge >= 0.3 is 0 Å². The van der Waals surface area contributed by atoms with E-state index in [1.54, 1.807) is 6.07 Å². The van der Waals surface area contributed by atoms with Crippen molar-refractivity contribution in [2.24, 2.45) is 5.92 Å². The largest absolute Gasteiger partial charge is 0.490 e. The van der Waals surface area contributed by atoms with E-state index < -0.39 is 10.0 Å². The Bertz CT molecular complexity index is 855. The topological polar surface area (TPSA) is 106 Å². The Balaban J connectivity index is 1.47. The summed E-state index contributed by atoms with van der Waals surface area (Å²) >= 11 is 0. The molecule has 1 aromatic carbocycles. The average molecular weight is 470 g/mol. The number of sulfonamides is 1. The van der Waals surface area contributed by atoms with Gasteiger partial charge < -0.3 is 19.5 Å². The highest BCUT2D eigenvalue weighted by atomic mass is 32.2. The number of hydrogen-bond acceptors (Lipinski definition) is 7. The molecule has 3 rings (SSSR count). The molecule has 0 aromatic heterocycles. The minimum absolute atomic E-state index is 0.0228. The number of carbonyl (C=O) groups excluding carboxylic acids is 1. The molecule has 9 nitrogen and oxygen atoms in total. The second-order valence-electron chi connectivity index (χ2n) is 8.54. The fraction of sp³-hybridized carbons (Fsp3) is 0.682. The highest BCUT2D eigenvalue weighted by Gasteiger charge is 2.23. The molecule has 1 aromatic rings. The first-order chi connectivity index (χ1) is 15.3. The normalized spacial score (nSPS) is 18.2. The van der Waals surface area contributed by atoms with Crippen molar-refractivity contribution in [3.8, 4) is 11.5 Å². The van der Waals surface area contributed by atoms with Gasteiger partial charge in [0.15, 0.2) is 11.5 Å². The van der Waals surface area contributed by atoms with Gasteiger partial charge in [-0.25, -0.2) is 13.1 Å². The lowest BCUT2D eigenvalue weighted by Gasteiger charge is -2.35. The first-order valence-corrected chi connectivity index (χ1v) is 12.8. The van der Waals surface area contributed by atoms with Crippen molar-refractivity contribution in [2.45, 2.75) is 44.0 Å². The monoisotopic (exact) mass is 469 g/mol. The van der Waals surface area contributed by atoms with E-state index in [9.17, 15) is 13.2 Å². The van der Waals surface area contributed by atoms with Crippen molar-refractivity contribution in [1.82, 2.24) is 14.9 Å². The molecule has 0 bridgehead atoms. The summed E-state index contributed by atoms with van der Waals surface area (Å²) in [5, 5.41) is 2.97. The number of amides is 1. The first-order valence-electron chi connectivity index (χ1n) is 11.3. The van der Waals surface area contributed by atoms with Crippen molar-refractivity contribution in [1.29, 1.82) is 0 Å². The van der Waals surface area contributed by atoms with Crippen molar-refractivity contribution in [2.75, 3.05) is 52.6 Å². The van der Waals surface area contributed by atoms with Crippen LogP contribution in [-0.2, 0) is 19.6 Å². The van der Waals surface area contributed by atoms with Gasteiger partial charge in [-0.2, -0.15) is 0 Å². The second kappa shape index (κ2) is 11.8. The maximum absolute atomic E-state index is 12.6. The maximum atomic E-state index is 12.6. The molecule has 1 fully saturated rings. The third-order valence-electron chi connectivity index (χ3n) is 5.51. The minimum Gasteiger partial charge on any atom is -0.490 e. The van der Waals surface area contributed by atoms with Gasteiger partial charge in [-0.1, -0.05) is 13.8 Å². The SMILES string of the molecule is CC(C)CC(CNC(=O)CCNS(=O)(=O)c1ccc2c(c1)OCCCO2)N1CCOCC1. The predicted molar refractivity (Wildman–Crippen MR) is 120 cm³/mol. The molecule has 1 unspecified atom stereocenters. The van der Waals surface area contributed by atoms with Crippen LogP contribution in [0.2, 0.25) is 0 Å². The summed E-state index contributed by atoms with van der Waals surface area (Å²) in [5.41, 5.74) is 0. The smallest absolute Gasteiger partial charge is 0.240 e. The summed E-state index contributed by atoms with van der Waals surface area (Å²) in [7, 11) is -3.75. The van der Waals surface area contributed by atoms with Gasteiger partial charge in [0.05, 0.1) is 31.3 Å². The molecule has 1 amide bonds. The van der Waals surface area contributed by atoms with Gasteiger partial charge in [-0.15, -0.1) is 0 Å². The number of nitrogens with one attached hydrogen (secondary N) is 2. The van der Waals surface area contributed by atoms with Gasteiger partial charge in [0, 0.05) is 51.1 Å². The van der Waals surface area contributed by atoms with Crippen LogP contribution >= 0.6 is 0 Å². The number of hydrogen-bond donors (Lipinski definition) is 2. The molecule has 32 heavy (non-hydrogen) atoms. The Hall–Kier alpha value is -1.88. The van der Waals surface area contributed by atoms with E-state index in [1.165, 1.54) is 12.1 Å². The lowest BCUT2D eigenvalue weighted by atomic mass is 10.0. The molecule has 1 atom stereocenters. The molecule has 2 N–H and O–H groups in total. The third-order valence-corrected chi connectivity index (χ3v) is 6.97. The number of fused-ring (bicyclic) bond motifs is 1. The molecule has 0 radical (unpaired) electrons. The molecular formula is C22H35N3O6S. The molecule has 0 saturated carbocycles. The van der Waals surface area contributed by atoms with Crippen LogP contribution in [0.5, 0.6) is 11.5 Å². The van der Waals surface area contributed by atoms with Crippen LogP contribution in [-0.4, -0.2) is 77.9 Å². The van der Waals surface area contributed by atoms with E-state index in [2.05, 4.69) is 28.8 Å². The van der Waals surface area contributed by atoms with Gasteiger partial charge in [-0.3, -0.25) is 9.69 Å². The Kier molecular flexibility index (Phi) is 9.15. The number of benzene rings is 1. The molecule has 1 saturated heterocycles. The van der Waals surface area contributed by atoms with Crippen LogP contribution in [0.4, 0.5) is 0 Å². The van der Waals surface area contributed by atoms with Gasteiger partial charge in [0.2, 0.25) is 15.9 Å². The number of carbonyl (C=O) groups is 1. The first kappa shape index (κ1) is 24.8. The van der Waals surface area contributed by atoms with Gasteiger partial charge in [-0.05, 0) is 24.5 Å². The van der Waals surface area contributed by atoms with Crippen molar-refractivity contribution in [3.63, 3.8) is 0 Å². The fourth-order valence-corrected chi connectivity index (χ4v) is 4.91. The summed E-state index contributed by atoms with van der Waals surface area (Å²) < 4.78 is 44.3. The van der Waals surface area contributed by atoms with Crippen LogP contribution < -0.4 is 19.5 Å². The zero-order chi connectivity index (χ0) is 23.0. The Morgan fingerprint density at radius 1 is 1.09 bits per heavy atom. The van der Waals surface area contributed by atoms with Crippen LogP contribution in [0.3, 0.4) is 0 Å². The Morgan fingerprint density at radius 3 is 2.53 bits per heavy atom. The lowest BCUT2D eigenvalue weighted by Crippen LogP contribution is -2.49. The summed E-state index contributed by atoms with van der Waals surface area (Å²) in [6.07, 6.45) is 1.80. The van der Waals surface area contributed by atoms with Crippen LogP contribution in [0, 0.1) is 5.92 Å². The summed E-state index contributed by atoms with van der Waals surface area (Å²) in [5.74, 6) is 1.30. The average Bonchev–Trinajstić information content (AvgIpc) is 3.02. The second-order valence-corrected chi connectivity index (χ2v) is 10.3. The lowest BCUT2D eigenvalue weighted by molar-refractivity contribution is -0.121. The zero-order valence-corrected chi connectivity index (χ0v) is 19.8. The standard InChI is InChI=1S/C22H35N3O6S/c1-17(2)14-18(25-8-12-29-13-9-25)16-23-22(26)6-7-24-32(27,28)19-4-5-20-21(15-19)31-11-3-10-30-20/h4-5,15,17-18,24H,3,6-14,16H2,1-2H3,(H,23,26). The van der Waals surface area contributed by atoms with E-state index in [-0.39, 0.29) is 29.8 Å². The molecule has 10 heteroatoms. The van der Waals surface area contributed by atoms with E-state index >= 15 is 0 Å². The molecule has 0 aliphatic carbocycles. The van der Waals surface area contributed by atoms with Gasteiger partial charge in [0.1, 0.15) is 0 Å². The number of nitrogens with zero attached hydrogens (tertiary/aromatic N) is 1. The Labute approximate surface area is 190 Å². The number of ether oxygens (including phenoxy) is 3. The minimum atomic E-state index is -3.75. The fourth-order valence-electron chi connectivity index (χ4n) is 3.86. The molecule has 180 valence electrons. The zero-order valence-electron chi connectivity index (χ0n) is 19.0. The highest BCUT2D eigenvalue weighted by molar-refractivity contribution is 7.89. The number of morpholine rings is 1. The number of rotatable bonds is 10. The van der Waals surface area contributed by atoms with Crippen LogP contribution in [0.25, 0.3) is 0 Å². The van der Waals surface area contributed by atoms with E-state index in [0.29, 0.717) is 50.4 Å². The summed E-state index contributed by atoms with van der Waals surface area (Å²) in [6, 6.07) is 4.79. The molecule has 2 aliphatic heterocycles. The molecule has 2 heterocycles. The third kappa shape index (κ3) is 7.33. The maximum Gasteiger partial charge on any atom is 0.240 e.